The Bertz CT molecular complexity index is 868. The number of fused-ring (bicyclic) bond motifs is 1. The molecule has 1 heterocycles. The Kier molecular flexibility index (Phi) is 5.93. The summed E-state index contributed by atoms with van der Waals surface area (Å²) < 4.78 is 5.57. The molecule has 0 aliphatic carbocycles. The van der Waals surface area contributed by atoms with Crippen LogP contribution in [-0.4, -0.2) is 41.6 Å². The van der Waals surface area contributed by atoms with Gasteiger partial charge in [0.25, 0.3) is 5.91 Å². The number of carboxylic acids is 1. The first-order valence-electron chi connectivity index (χ1n) is 9.09. The van der Waals surface area contributed by atoms with Crippen LogP contribution in [0.25, 0.3) is 0 Å². The number of carboxylic acid groups (broad SMARTS) is 1. The van der Waals surface area contributed by atoms with Crippen molar-refractivity contribution in [2.45, 2.75) is 31.9 Å². The summed E-state index contributed by atoms with van der Waals surface area (Å²) >= 11 is 0. The molecule has 1 aliphatic rings. The van der Waals surface area contributed by atoms with Gasteiger partial charge in [0.05, 0.1) is 5.69 Å². The second-order valence-corrected chi connectivity index (χ2v) is 6.62. The first-order valence-corrected chi connectivity index (χ1v) is 9.09. The third-order valence-corrected chi connectivity index (χ3v) is 4.55. The second-order valence-electron chi connectivity index (χ2n) is 6.62. The average molecular weight is 382 g/mol. The molecule has 0 bridgehead atoms. The lowest BCUT2D eigenvalue weighted by atomic mass is 10.1. The second kappa shape index (κ2) is 8.56. The predicted molar refractivity (Wildman–Crippen MR) is 103 cm³/mol. The summed E-state index contributed by atoms with van der Waals surface area (Å²) in [5.41, 5.74) is 1.43. The van der Waals surface area contributed by atoms with Gasteiger partial charge in [-0.1, -0.05) is 42.5 Å². The third kappa shape index (κ3) is 4.49. The normalized spacial score (nSPS) is 16.7. The van der Waals surface area contributed by atoms with Gasteiger partial charge in [-0.2, -0.15) is 0 Å². The molecule has 2 unspecified atom stereocenters. The summed E-state index contributed by atoms with van der Waals surface area (Å²) in [6, 6.07) is 15.2. The van der Waals surface area contributed by atoms with Gasteiger partial charge in [0.15, 0.2) is 6.10 Å². The van der Waals surface area contributed by atoms with E-state index in [0.717, 1.165) is 5.56 Å². The first kappa shape index (κ1) is 19.4. The summed E-state index contributed by atoms with van der Waals surface area (Å²) in [7, 11) is 0. The standard InChI is InChI=1S/C21H22N2O5/c1-14-20(25)23(17-9-5-6-10-18(17)28-14)12-11-19(24)22-16(21(26)27)13-15-7-3-2-4-8-15/h2-10,14,16H,11-13H2,1H3,(H,22,24)(H,26,27). The number of hydrogen-bond acceptors (Lipinski definition) is 4. The number of anilines is 1. The maximum absolute atomic E-state index is 12.4. The maximum atomic E-state index is 12.4. The molecule has 2 aromatic rings. The Morgan fingerprint density at radius 1 is 1.14 bits per heavy atom. The number of aliphatic carboxylic acids is 1. The summed E-state index contributed by atoms with van der Waals surface area (Å²) in [4.78, 5) is 37.8. The highest BCUT2D eigenvalue weighted by molar-refractivity contribution is 6.00. The van der Waals surface area contributed by atoms with Crippen molar-refractivity contribution in [1.82, 2.24) is 5.32 Å². The minimum atomic E-state index is -1.10. The molecule has 0 spiro atoms. The Labute approximate surface area is 162 Å². The Morgan fingerprint density at radius 3 is 2.54 bits per heavy atom. The van der Waals surface area contributed by atoms with Crippen LogP contribution in [0, 0.1) is 0 Å². The fourth-order valence-corrected chi connectivity index (χ4v) is 3.12. The van der Waals surface area contributed by atoms with E-state index in [1.807, 2.05) is 36.4 Å². The zero-order valence-electron chi connectivity index (χ0n) is 15.5. The van der Waals surface area contributed by atoms with Gasteiger partial charge in [0.2, 0.25) is 5.91 Å². The van der Waals surface area contributed by atoms with Crippen LogP contribution in [0.15, 0.2) is 54.6 Å². The van der Waals surface area contributed by atoms with Crippen molar-refractivity contribution in [3.05, 3.63) is 60.2 Å². The summed E-state index contributed by atoms with van der Waals surface area (Å²) in [5.74, 6) is -1.17. The summed E-state index contributed by atoms with van der Waals surface area (Å²) in [5, 5.41) is 12.0. The first-order chi connectivity index (χ1) is 13.5. The zero-order chi connectivity index (χ0) is 20.1. The molecule has 3 rings (SSSR count). The van der Waals surface area contributed by atoms with Crippen LogP contribution in [0.2, 0.25) is 0 Å². The molecule has 146 valence electrons. The van der Waals surface area contributed by atoms with E-state index in [2.05, 4.69) is 5.32 Å². The van der Waals surface area contributed by atoms with E-state index >= 15 is 0 Å². The van der Waals surface area contributed by atoms with Crippen molar-refractivity contribution < 1.29 is 24.2 Å². The average Bonchev–Trinajstić information content (AvgIpc) is 2.68. The molecule has 0 saturated carbocycles. The Balaban J connectivity index is 1.63. The van der Waals surface area contributed by atoms with Crippen LogP contribution in [0.4, 0.5) is 5.69 Å². The number of benzene rings is 2. The molecule has 0 saturated heterocycles. The van der Waals surface area contributed by atoms with Crippen LogP contribution in [-0.2, 0) is 20.8 Å². The van der Waals surface area contributed by atoms with Crippen molar-refractivity contribution in [3.63, 3.8) is 0 Å². The highest BCUT2D eigenvalue weighted by Crippen LogP contribution is 2.33. The van der Waals surface area contributed by atoms with Crippen molar-refractivity contribution in [1.29, 1.82) is 0 Å². The van der Waals surface area contributed by atoms with Gasteiger partial charge in [-0.25, -0.2) is 4.79 Å². The van der Waals surface area contributed by atoms with Gasteiger partial charge in [-0.3, -0.25) is 9.59 Å². The minimum Gasteiger partial charge on any atom is -0.480 e. The van der Waals surface area contributed by atoms with Crippen molar-refractivity contribution in [3.8, 4) is 5.75 Å². The topological polar surface area (TPSA) is 95.9 Å². The molecule has 0 fully saturated rings. The Hall–Kier alpha value is -3.35. The van der Waals surface area contributed by atoms with Crippen molar-refractivity contribution >= 4 is 23.5 Å². The van der Waals surface area contributed by atoms with E-state index in [0.29, 0.717) is 11.4 Å². The van der Waals surface area contributed by atoms with Gasteiger partial charge in [-0.05, 0) is 24.6 Å². The number of carbonyl (C=O) groups is 3. The molecule has 2 aromatic carbocycles. The Morgan fingerprint density at radius 2 is 1.82 bits per heavy atom. The molecule has 1 aliphatic heterocycles. The number of amides is 2. The molecule has 2 amide bonds. The molecule has 7 heteroatoms. The lowest BCUT2D eigenvalue weighted by Gasteiger charge is -2.32. The zero-order valence-corrected chi connectivity index (χ0v) is 15.5. The number of rotatable bonds is 7. The number of nitrogens with zero attached hydrogens (tertiary/aromatic N) is 1. The summed E-state index contributed by atoms with van der Waals surface area (Å²) in [6.45, 7) is 1.80. The lowest BCUT2D eigenvalue weighted by molar-refractivity contribution is -0.141. The molecule has 0 radical (unpaired) electrons. The lowest BCUT2D eigenvalue weighted by Crippen LogP contribution is -2.47. The fourth-order valence-electron chi connectivity index (χ4n) is 3.12. The van der Waals surface area contributed by atoms with E-state index in [9.17, 15) is 19.5 Å². The predicted octanol–water partition coefficient (Wildman–Crippen LogP) is 2.00. The van der Waals surface area contributed by atoms with Gasteiger partial charge in [0, 0.05) is 19.4 Å². The number of hydrogen-bond donors (Lipinski definition) is 2. The fraction of sp³-hybridized carbons (Fsp3) is 0.286. The molecular weight excluding hydrogens is 360 g/mol. The smallest absolute Gasteiger partial charge is 0.326 e. The molecule has 2 atom stereocenters. The minimum absolute atomic E-state index is 0.00857. The van der Waals surface area contributed by atoms with E-state index in [4.69, 9.17) is 4.74 Å². The van der Waals surface area contributed by atoms with Crippen LogP contribution in [0.5, 0.6) is 5.75 Å². The van der Waals surface area contributed by atoms with Gasteiger partial charge in [-0.15, -0.1) is 0 Å². The van der Waals surface area contributed by atoms with E-state index < -0.39 is 24.0 Å². The van der Waals surface area contributed by atoms with Crippen LogP contribution < -0.4 is 15.0 Å². The van der Waals surface area contributed by atoms with Gasteiger partial charge >= 0.3 is 5.97 Å². The SMILES string of the molecule is CC1Oc2ccccc2N(CCC(=O)NC(Cc2ccccc2)C(=O)O)C1=O. The van der Waals surface area contributed by atoms with Crippen LogP contribution >= 0.6 is 0 Å². The molecule has 7 nitrogen and oxygen atoms in total. The third-order valence-electron chi connectivity index (χ3n) is 4.55. The van der Waals surface area contributed by atoms with Crippen LogP contribution in [0.1, 0.15) is 18.9 Å². The van der Waals surface area contributed by atoms with Gasteiger partial charge in [0.1, 0.15) is 11.8 Å². The number of para-hydroxylation sites is 2. The summed E-state index contributed by atoms with van der Waals surface area (Å²) in [6.07, 6.45) is -0.452. The number of nitrogens with one attached hydrogen (secondary N) is 1. The molecule has 0 aromatic heterocycles. The van der Waals surface area contributed by atoms with E-state index in [1.54, 1.807) is 25.1 Å². The monoisotopic (exact) mass is 382 g/mol. The van der Waals surface area contributed by atoms with Gasteiger partial charge < -0.3 is 20.1 Å². The highest BCUT2D eigenvalue weighted by Gasteiger charge is 2.31. The molecule has 2 N–H and O–H groups in total. The van der Waals surface area contributed by atoms with Crippen molar-refractivity contribution in [2.24, 2.45) is 0 Å². The highest BCUT2D eigenvalue weighted by atomic mass is 16.5. The van der Waals surface area contributed by atoms with Crippen molar-refractivity contribution in [2.75, 3.05) is 11.4 Å². The van der Waals surface area contributed by atoms with Crippen LogP contribution in [0.3, 0.4) is 0 Å². The van der Waals surface area contributed by atoms with E-state index in [-0.39, 0.29) is 25.3 Å². The number of ether oxygens (including phenoxy) is 1. The quantitative estimate of drug-likeness (QED) is 0.764. The molecular formula is C21H22N2O5. The largest absolute Gasteiger partial charge is 0.480 e. The maximum Gasteiger partial charge on any atom is 0.326 e. The van der Waals surface area contributed by atoms with E-state index in [1.165, 1.54) is 4.90 Å². The number of carbonyl (C=O) groups excluding carboxylic acids is 2. The molecule has 28 heavy (non-hydrogen) atoms.